The zero-order valence-electron chi connectivity index (χ0n) is 23.8. The molecule has 0 bridgehead atoms. The van der Waals surface area contributed by atoms with Gasteiger partial charge in [0.1, 0.15) is 18.2 Å². The molecule has 2 aromatic rings. The molecule has 2 rings (SSSR count). The molecule has 202 valence electrons. The van der Waals surface area contributed by atoms with Crippen molar-refractivity contribution in [3.05, 3.63) is 64.7 Å². The van der Waals surface area contributed by atoms with Crippen molar-refractivity contribution in [2.45, 2.75) is 92.3 Å². The summed E-state index contributed by atoms with van der Waals surface area (Å²) >= 11 is 0. The number of para-hydroxylation sites is 1. The van der Waals surface area contributed by atoms with Gasteiger partial charge in [0.25, 0.3) is 5.91 Å². The first-order valence-electron chi connectivity index (χ1n) is 12.9. The van der Waals surface area contributed by atoms with Crippen molar-refractivity contribution in [2.24, 2.45) is 0 Å². The number of ether oxygens (including phenoxy) is 1. The first-order chi connectivity index (χ1) is 17.2. The van der Waals surface area contributed by atoms with E-state index in [9.17, 15) is 14.4 Å². The van der Waals surface area contributed by atoms with E-state index in [0.29, 0.717) is 12.0 Å². The Morgan fingerprint density at radius 1 is 0.919 bits per heavy atom. The number of aryl methyl sites for hydroxylation is 3. The highest BCUT2D eigenvalue weighted by atomic mass is 16.6. The van der Waals surface area contributed by atoms with Crippen molar-refractivity contribution >= 4 is 23.6 Å². The largest absolute Gasteiger partial charge is 0.444 e. The lowest BCUT2D eigenvalue weighted by atomic mass is 9.92. The minimum Gasteiger partial charge on any atom is -0.444 e. The first kappa shape index (κ1) is 29.9. The standard InChI is InChI=1S/C30H43N3O4/c1-10-22-15-17-23(18-16-22)26(27(35)32-25-20(3)13-12-14-21(25)4)33(30(8,9)11-2)24(34)19-31-28(36)37-29(5,6)7/h12-18,26H,10-11,19H2,1-9H3,(H,31,36)(H,32,35). The number of nitrogens with one attached hydrogen (secondary N) is 2. The predicted octanol–water partition coefficient (Wildman–Crippen LogP) is 6.09. The van der Waals surface area contributed by atoms with Gasteiger partial charge in [-0.1, -0.05) is 56.3 Å². The summed E-state index contributed by atoms with van der Waals surface area (Å²) in [5.74, 6) is -0.687. The number of benzene rings is 2. The number of amides is 3. The van der Waals surface area contributed by atoms with E-state index < -0.39 is 23.3 Å². The minimum atomic E-state index is -0.909. The van der Waals surface area contributed by atoms with Gasteiger partial charge in [0.2, 0.25) is 5.91 Å². The molecule has 2 aromatic carbocycles. The molecule has 2 N–H and O–H groups in total. The molecule has 0 heterocycles. The Morgan fingerprint density at radius 3 is 1.97 bits per heavy atom. The molecule has 3 amide bonds. The highest BCUT2D eigenvalue weighted by Gasteiger charge is 2.40. The molecule has 7 nitrogen and oxygen atoms in total. The Labute approximate surface area is 222 Å². The number of rotatable bonds is 9. The van der Waals surface area contributed by atoms with E-state index in [2.05, 4.69) is 17.6 Å². The number of hydrogen-bond donors (Lipinski definition) is 2. The summed E-state index contributed by atoms with van der Waals surface area (Å²) in [6, 6.07) is 12.7. The van der Waals surface area contributed by atoms with Crippen LogP contribution in [0.5, 0.6) is 0 Å². The van der Waals surface area contributed by atoms with Crippen LogP contribution in [0.1, 0.15) is 83.2 Å². The van der Waals surface area contributed by atoms with Crippen LogP contribution in [-0.2, 0) is 20.7 Å². The Hall–Kier alpha value is -3.35. The second-order valence-electron chi connectivity index (χ2n) is 11.0. The van der Waals surface area contributed by atoms with Gasteiger partial charge in [-0.3, -0.25) is 9.59 Å². The van der Waals surface area contributed by atoms with Crippen LogP contribution in [0.25, 0.3) is 0 Å². The first-order valence-corrected chi connectivity index (χ1v) is 12.9. The summed E-state index contributed by atoms with van der Waals surface area (Å²) in [5, 5.41) is 5.65. The third-order valence-electron chi connectivity index (χ3n) is 6.51. The lowest BCUT2D eigenvalue weighted by Gasteiger charge is -2.43. The second kappa shape index (κ2) is 12.3. The summed E-state index contributed by atoms with van der Waals surface area (Å²) in [7, 11) is 0. The van der Waals surface area contributed by atoms with E-state index >= 15 is 0 Å². The third-order valence-corrected chi connectivity index (χ3v) is 6.51. The number of carbonyl (C=O) groups is 3. The van der Waals surface area contributed by atoms with Crippen molar-refractivity contribution in [3.8, 4) is 0 Å². The van der Waals surface area contributed by atoms with Gasteiger partial charge >= 0.3 is 6.09 Å². The lowest BCUT2D eigenvalue weighted by Crippen LogP contribution is -2.55. The van der Waals surface area contributed by atoms with Crippen LogP contribution in [-0.4, -0.2) is 40.5 Å². The number of nitrogens with zero attached hydrogens (tertiary/aromatic N) is 1. The van der Waals surface area contributed by atoms with Crippen molar-refractivity contribution in [3.63, 3.8) is 0 Å². The SMILES string of the molecule is CCc1ccc(C(C(=O)Nc2c(C)cccc2C)N(C(=O)CNC(=O)OC(C)(C)C)C(C)(C)CC)cc1. The molecule has 0 aliphatic carbocycles. The smallest absolute Gasteiger partial charge is 0.408 e. The fourth-order valence-corrected chi connectivity index (χ4v) is 4.11. The van der Waals surface area contributed by atoms with Gasteiger partial charge in [-0.2, -0.15) is 0 Å². The summed E-state index contributed by atoms with van der Waals surface area (Å²) in [5.41, 5.74) is 3.07. The average Bonchev–Trinajstić information content (AvgIpc) is 2.82. The molecule has 0 aromatic heterocycles. The van der Waals surface area contributed by atoms with Crippen LogP contribution < -0.4 is 10.6 Å². The quantitative estimate of drug-likeness (QED) is 0.428. The van der Waals surface area contributed by atoms with E-state index in [4.69, 9.17) is 4.74 Å². The highest BCUT2D eigenvalue weighted by Crippen LogP contribution is 2.33. The van der Waals surface area contributed by atoms with E-state index in [0.717, 1.165) is 28.8 Å². The Morgan fingerprint density at radius 2 is 1.49 bits per heavy atom. The number of carbonyl (C=O) groups excluding carboxylic acids is 3. The zero-order valence-corrected chi connectivity index (χ0v) is 23.8. The van der Waals surface area contributed by atoms with Crippen LogP contribution in [0.4, 0.5) is 10.5 Å². The monoisotopic (exact) mass is 509 g/mol. The van der Waals surface area contributed by atoms with Gasteiger partial charge < -0.3 is 20.3 Å². The van der Waals surface area contributed by atoms with E-state index in [1.54, 1.807) is 25.7 Å². The predicted molar refractivity (Wildman–Crippen MR) is 149 cm³/mol. The summed E-state index contributed by atoms with van der Waals surface area (Å²) < 4.78 is 5.30. The van der Waals surface area contributed by atoms with Crippen LogP contribution in [0.2, 0.25) is 0 Å². The Balaban J connectivity index is 2.52. The van der Waals surface area contributed by atoms with Gasteiger partial charge in [-0.05, 0) is 83.6 Å². The molecule has 0 saturated heterocycles. The van der Waals surface area contributed by atoms with Crippen LogP contribution in [0.3, 0.4) is 0 Å². The highest BCUT2D eigenvalue weighted by molar-refractivity contribution is 5.99. The normalized spacial score (nSPS) is 12.5. The lowest BCUT2D eigenvalue weighted by molar-refractivity contribution is -0.145. The van der Waals surface area contributed by atoms with E-state index in [1.165, 1.54) is 0 Å². The Bertz CT molecular complexity index is 1080. The minimum absolute atomic E-state index is 0.293. The summed E-state index contributed by atoms with van der Waals surface area (Å²) in [6.07, 6.45) is 0.785. The molecule has 0 aliphatic rings. The molecule has 0 radical (unpaired) electrons. The van der Waals surface area contributed by atoms with Gasteiger partial charge in [0, 0.05) is 11.2 Å². The molecule has 37 heavy (non-hydrogen) atoms. The molecule has 0 aliphatic heterocycles. The summed E-state index contributed by atoms with van der Waals surface area (Å²) in [4.78, 5) is 41.6. The number of anilines is 1. The fraction of sp³-hybridized carbons (Fsp3) is 0.500. The second-order valence-corrected chi connectivity index (χ2v) is 11.0. The molecule has 7 heteroatoms. The van der Waals surface area contributed by atoms with E-state index in [-0.39, 0.29) is 18.4 Å². The molecular weight excluding hydrogens is 466 g/mol. The molecule has 0 spiro atoms. The van der Waals surface area contributed by atoms with Crippen LogP contribution in [0.15, 0.2) is 42.5 Å². The van der Waals surface area contributed by atoms with Gasteiger partial charge in [-0.15, -0.1) is 0 Å². The topological polar surface area (TPSA) is 87.7 Å². The Kier molecular flexibility index (Phi) is 9.90. The molecule has 0 saturated carbocycles. The maximum Gasteiger partial charge on any atom is 0.408 e. The maximum absolute atomic E-state index is 14.0. The van der Waals surface area contributed by atoms with Crippen molar-refractivity contribution in [1.29, 1.82) is 0 Å². The third kappa shape index (κ3) is 8.07. The van der Waals surface area contributed by atoms with Crippen molar-refractivity contribution in [1.82, 2.24) is 10.2 Å². The molecule has 1 unspecified atom stereocenters. The fourth-order valence-electron chi connectivity index (χ4n) is 4.11. The van der Waals surface area contributed by atoms with Crippen LogP contribution in [0, 0.1) is 13.8 Å². The zero-order chi connectivity index (χ0) is 28.0. The van der Waals surface area contributed by atoms with Gasteiger partial charge in [0.05, 0.1) is 0 Å². The van der Waals surface area contributed by atoms with E-state index in [1.807, 2.05) is 77.1 Å². The van der Waals surface area contributed by atoms with Crippen molar-refractivity contribution < 1.29 is 19.1 Å². The number of hydrogen-bond acceptors (Lipinski definition) is 4. The summed E-state index contributed by atoms with van der Waals surface area (Å²) in [6.45, 7) is 16.8. The molecule has 1 atom stereocenters. The van der Waals surface area contributed by atoms with Crippen molar-refractivity contribution in [2.75, 3.05) is 11.9 Å². The van der Waals surface area contributed by atoms with Gasteiger partial charge in [-0.25, -0.2) is 4.79 Å². The van der Waals surface area contributed by atoms with Crippen LogP contribution >= 0.6 is 0 Å². The molecule has 0 fully saturated rings. The maximum atomic E-state index is 14.0. The molecular formula is C30H43N3O4. The average molecular weight is 510 g/mol. The van der Waals surface area contributed by atoms with Gasteiger partial charge in [0.15, 0.2) is 0 Å². The number of alkyl carbamates (subject to hydrolysis) is 1.